The van der Waals surface area contributed by atoms with Gasteiger partial charge in [-0.25, -0.2) is 4.98 Å². The lowest BCUT2D eigenvalue weighted by molar-refractivity contribution is 0.158. The van der Waals surface area contributed by atoms with E-state index in [1.165, 1.54) is 12.8 Å². The first-order valence-corrected chi connectivity index (χ1v) is 6.80. The maximum Gasteiger partial charge on any atom is 0.112 e. The Morgan fingerprint density at radius 2 is 2.06 bits per heavy atom. The lowest BCUT2D eigenvalue weighted by atomic mass is 10.1. The molecule has 1 atom stereocenters. The van der Waals surface area contributed by atoms with Crippen LogP contribution in [-0.2, 0) is 13.5 Å². The predicted molar refractivity (Wildman–Crippen MR) is 74.6 cm³/mol. The third-order valence-electron chi connectivity index (χ3n) is 3.44. The molecule has 18 heavy (non-hydrogen) atoms. The van der Waals surface area contributed by atoms with Gasteiger partial charge in [-0.3, -0.25) is 0 Å². The number of rotatable bonds is 6. The van der Waals surface area contributed by atoms with Gasteiger partial charge in [-0.05, 0) is 18.6 Å². The van der Waals surface area contributed by atoms with E-state index in [9.17, 15) is 5.11 Å². The van der Waals surface area contributed by atoms with Crippen molar-refractivity contribution >= 4 is 11.0 Å². The topological polar surface area (TPSA) is 38.1 Å². The van der Waals surface area contributed by atoms with E-state index in [0.717, 1.165) is 29.7 Å². The zero-order valence-electron chi connectivity index (χ0n) is 11.3. The summed E-state index contributed by atoms with van der Waals surface area (Å²) in [6.45, 7) is 2.18. The van der Waals surface area contributed by atoms with Crippen LogP contribution in [0.25, 0.3) is 11.0 Å². The van der Waals surface area contributed by atoms with Gasteiger partial charge >= 0.3 is 0 Å². The summed E-state index contributed by atoms with van der Waals surface area (Å²) < 4.78 is 2.08. The molecule has 0 fully saturated rings. The molecule has 3 heteroatoms. The molecule has 0 saturated heterocycles. The van der Waals surface area contributed by atoms with Crippen molar-refractivity contribution in [2.24, 2.45) is 7.05 Å². The van der Waals surface area contributed by atoms with Gasteiger partial charge in [-0.1, -0.05) is 38.3 Å². The second kappa shape index (κ2) is 6.01. The Morgan fingerprint density at radius 3 is 2.78 bits per heavy atom. The SMILES string of the molecule is CCCCCC(O)Cc1nc2ccccc2n1C. The average Bonchev–Trinajstić information content (AvgIpc) is 2.67. The second-order valence-corrected chi connectivity index (χ2v) is 4.93. The van der Waals surface area contributed by atoms with E-state index in [4.69, 9.17) is 0 Å². The molecule has 1 aromatic carbocycles. The van der Waals surface area contributed by atoms with E-state index in [1.807, 2.05) is 25.2 Å². The van der Waals surface area contributed by atoms with Crippen LogP contribution in [0.1, 0.15) is 38.4 Å². The van der Waals surface area contributed by atoms with Crippen molar-refractivity contribution in [1.82, 2.24) is 9.55 Å². The van der Waals surface area contributed by atoms with Crippen LogP contribution in [0.2, 0.25) is 0 Å². The van der Waals surface area contributed by atoms with E-state index in [-0.39, 0.29) is 6.10 Å². The van der Waals surface area contributed by atoms with Crippen LogP contribution in [0.3, 0.4) is 0 Å². The largest absolute Gasteiger partial charge is 0.393 e. The van der Waals surface area contributed by atoms with E-state index in [2.05, 4.69) is 22.5 Å². The number of fused-ring (bicyclic) bond motifs is 1. The van der Waals surface area contributed by atoms with Gasteiger partial charge in [0.15, 0.2) is 0 Å². The highest BCUT2D eigenvalue weighted by Gasteiger charge is 2.11. The molecule has 1 N–H and O–H groups in total. The normalized spacial score (nSPS) is 13.1. The third kappa shape index (κ3) is 2.91. The van der Waals surface area contributed by atoms with Crippen molar-refractivity contribution in [3.8, 4) is 0 Å². The highest BCUT2D eigenvalue weighted by Crippen LogP contribution is 2.16. The molecule has 3 nitrogen and oxygen atoms in total. The summed E-state index contributed by atoms with van der Waals surface area (Å²) in [5.41, 5.74) is 2.14. The monoisotopic (exact) mass is 246 g/mol. The number of hydrogen-bond donors (Lipinski definition) is 1. The van der Waals surface area contributed by atoms with Crippen LogP contribution >= 0.6 is 0 Å². The first-order valence-electron chi connectivity index (χ1n) is 6.80. The molecule has 2 aromatic rings. The predicted octanol–water partition coefficient (Wildman–Crippen LogP) is 3.06. The summed E-state index contributed by atoms with van der Waals surface area (Å²) in [5.74, 6) is 0.972. The van der Waals surface area contributed by atoms with Gasteiger partial charge in [-0.15, -0.1) is 0 Å². The Labute approximate surface area is 108 Å². The summed E-state index contributed by atoms with van der Waals surface area (Å²) >= 11 is 0. The minimum Gasteiger partial charge on any atom is -0.393 e. The fraction of sp³-hybridized carbons (Fsp3) is 0.533. The lowest BCUT2D eigenvalue weighted by Gasteiger charge is -2.09. The van der Waals surface area contributed by atoms with Crippen molar-refractivity contribution in [1.29, 1.82) is 0 Å². The Kier molecular flexibility index (Phi) is 4.37. The van der Waals surface area contributed by atoms with Crippen LogP contribution in [-0.4, -0.2) is 20.8 Å². The van der Waals surface area contributed by atoms with Gasteiger partial charge in [-0.2, -0.15) is 0 Å². The highest BCUT2D eigenvalue weighted by atomic mass is 16.3. The molecule has 98 valence electrons. The quantitative estimate of drug-likeness (QED) is 0.795. The number of benzene rings is 1. The first-order chi connectivity index (χ1) is 8.72. The summed E-state index contributed by atoms with van der Waals surface area (Å²) in [6, 6.07) is 8.10. The molecule has 1 heterocycles. The Hall–Kier alpha value is -1.35. The second-order valence-electron chi connectivity index (χ2n) is 4.93. The van der Waals surface area contributed by atoms with E-state index >= 15 is 0 Å². The van der Waals surface area contributed by atoms with Gasteiger partial charge in [0.25, 0.3) is 0 Å². The lowest BCUT2D eigenvalue weighted by Crippen LogP contribution is -2.13. The molecule has 0 saturated carbocycles. The van der Waals surface area contributed by atoms with Gasteiger partial charge in [0.2, 0.25) is 0 Å². The molecule has 1 unspecified atom stereocenters. The minimum atomic E-state index is -0.271. The molecule has 2 rings (SSSR count). The summed E-state index contributed by atoms with van der Waals surface area (Å²) in [6.07, 6.45) is 4.73. The number of nitrogens with zero attached hydrogens (tertiary/aromatic N) is 2. The first kappa shape index (κ1) is 13.1. The summed E-state index contributed by atoms with van der Waals surface area (Å²) in [5, 5.41) is 10.0. The fourth-order valence-corrected chi connectivity index (χ4v) is 2.32. The van der Waals surface area contributed by atoms with Crippen molar-refractivity contribution < 1.29 is 5.11 Å². The van der Waals surface area contributed by atoms with E-state index < -0.39 is 0 Å². The van der Waals surface area contributed by atoms with Gasteiger partial charge in [0, 0.05) is 13.5 Å². The molecule has 1 aromatic heterocycles. The van der Waals surface area contributed by atoms with Gasteiger partial charge < -0.3 is 9.67 Å². The maximum absolute atomic E-state index is 10.0. The molecule has 0 radical (unpaired) electrons. The van der Waals surface area contributed by atoms with Crippen LogP contribution in [0.5, 0.6) is 0 Å². The van der Waals surface area contributed by atoms with Crippen LogP contribution in [0.15, 0.2) is 24.3 Å². The molecular weight excluding hydrogens is 224 g/mol. The number of hydrogen-bond acceptors (Lipinski definition) is 2. The number of para-hydroxylation sites is 2. The minimum absolute atomic E-state index is 0.271. The summed E-state index contributed by atoms with van der Waals surface area (Å²) in [7, 11) is 2.02. The van der Waals surface area contributed by atoms with E-state index in [1.54, 1.807) is 0 Å². The van der Waals surface area contributed by atoms with Crippen molar-refractivity contribution in [3.63, 3.8) is 0 Å². The Morgan fingerprint density at radius 1 is 1.28 bits per heavy atom. The average molecular weight is 246 g/mol. The molecule has 0 aliphatic rings. The molecular formula is C15H22N2O. The summed E-state index contributed by atoms with van der Waals surface area (Å²) in [4.78, 5) is 4.58. The maximum atomic E-state index is 10.0. The standard InChI is InChI=1S/C15H22N2O/c1-3-4-5-8-12(18)11-15-16-13-9-6-7-10-14(13)17(15)2/h6-7,9-10,12,18H,3-5,8,11H2,1-2H3. The number of aromatic nitrogens is 2. The number of unbranched alkanes of at least 4 members (excludes halogenated alkanes) is 2. The smallest absolute Gasteiger partial charge is 0.112 e. The molecule has 0 aliphatic carbocycles. The third-order valence-corrected chi connectivity index (χ3v) is 3.44. The van der Waals surface area contributed by atoms with Crippen LogP contribution in [0, 0.1) is 0 Å². The number of aryl methyl sites for hydroxylation is 1. The Bertz CT molecular complexity index is 504. The van der Waals surface area contributed by atoms with Gasteiger partial charge in [0.1, 0.15) is 5.82 Å². The van der Waals surface area contributed by atoms with Crippen LogP contribution in [0.4, 0.5) is 0 Å². The van der Waals surface area contributed by atoms with Crippen LogP contribution < -0.4 is 0 Å². The van der Waals surface area contributed by atoms with Gasteiger partial charge in [0.05, 0.1) is 17.1 Å². The number of aliphatic hydroxyl groups is 1. The fourth-order valence-electron chi connectivity index (χ4n) is 2.32. The molecule has 0 aliphatic heterocycles. The number of aliphatic hydroxyl groups excluding tert-OH is 1. The van der Waals surface area contributed by atoms with Crippen molar-refractivity contribution in [3.05, 3.63) is 30.1 Å². The molecule has 0 spiro atoms. The zero-order chi connectivity index (χ0) is 13.0. The highest BCUT2D eigenvalue weighted by molar-refractivity contribution is 5.75. The van der Waals surface area contributed by atoms with E-state index in [0.29, 0.717) is 6.42 Å². The molecule has 0 amide bonds. The van der Waals surface area contributed by atoms with Crippen molar-refractivity contribution in [2.45, 2.75) is 45.1 Å². The number of imidazole rings is 1. The van der Waals surface area contributed by atoms with Crippen molar-refractivity contribution in [2.75, 3.05) is 0 Å². The zero-order valence-corrected chi connectivity index (χ0v) is 11.3. The Balaban J connectivity index is 2.05. The molecule has 0 bridgehead atoms.